The normalized spacial score (nSPS) is 14.6. The number of amides is 1. The molecule has 124 valence electrons. The van der Waals surface area contributed by atoms with Gasteiger partial charge in [-0.3, -0.25) is 4.79 Å². The Hall–Kier alpha value is -0.570. The molecular formula is C18H36N2O. The highest BCUT2D eigenvalue weighted by molar-refractivity contribution is 5.76. The van der Waals surface area contributed by atoms with Crippen LogP contribution in [0, 0.1) is 0 Å². The summed E-state index contributed by atoms with van der Waals surface area (Å²) in [6, 6.07) is 1.16. The van der Waals surface area contributed by atoms with Crippen molar-refractivity contribution in [3.63, 3.8) is 0 Å². The fraction of sp³-hybridized carbons (Fsp3) is 0.944. The Morgan fingerprint density at radius 1 is 1.00 bits per heavy atom. The summed E-state index contributed by atoms with van der Waals surface area (Å²) >= 11 is 0. The van der Waals surface area contributed by atoms with Gasteiger partial charge in [0.05, 0.1) is 0 Å². The molecule has 0 unspecified atom stereocenters. The lowest BCUT2D eigenvalue weighted by atomic mass is 10.0. The second-order valence-electron chi connectivity index (χ2n) is 6.59. The lowest BCUT2D eigenvalue weighted by Gasteiger charge is -2.18. The first-order valence-electron chi connectivity index (χ1n) is 9.29. The van der Waals surface area contributed by atoms with Crippen LogP contribution in [0.4, 0.5) is 0 Å². The van der Waals surface area contributed by atoms with Crippen LogP contribution in [-0.4, -0.2) is 24.5 Å². The SMILES string of the molecule is CCCCCC(CCCCC)NCCCC(=O)NC1CC1. The molecule has 2 N–H and O–H groups in total. The van der Waals surface area contributed by atoms with Crippen LogP contribution in [0.15, 0.2) is 0 Å². The van der Waals surface area contributed by atoms with Gasteiger partial charge in [-0.25, -0.2) is 0 Å². The predicted octanol–water partition coefficient (Wildman–Crippen LogP) is 4.16. The molecule has 1 aliphatic carbocycles. The summed E-state index contributed by atoms with van der Waals surface area (Å²) < 4.78 is 0. The van der Waals surface area contributed by atoms with Gasteiger partial charge < -0.3 is 10.6 Å². The van der Waals surface area contributed by atoms with Crippen molar-refractivity contribution < 1.29 is 4.79 Å². The van der Waals surface area contributed by atoms with Gasteiger partial charge in [0.1, 0.15) is 0 Å². The van der Waals surface area contributed by atoms with E-state index in [-0.39, 0.29) is 5.91 Å². The Kier molecular flexibility index (Phi) is 10.6. The van der Waals surface area contributed by atoms with Gasteiger partial charge in [0.25, 0.3) is 0 Å². The molecule has 21 heavy (non-hydrogen) atoms. The molecule has 1 rings (SSSR count). The zero-order valence-corrected chi connectivity index (χ0v) is 14.3. The van der Waals surface area contributed by atoms with Crippen molar-refractivity contribution in [2.24, 2.45) is 0 Å². The first kappa shape index (κ1) is 18.5. The van der Waals surface area contributed by atoms with E-state index in [2.05, 4.69) is 24.5 Å². The van der Waals surface area contributed by atoms with E-state index in [4.69, 9.17) is 0 Å². The molecule has 0 bridgehead atoms. The third-order valence-electron chi connectivity index (χ3n) is 4.27. The topological polar surface area (TPSA) is 41.1 Å². The molecule has 0 heterocycles. The first-order chi connectivity index (χ1) is 10.3. The number of carbonyl (C=O) groups excluding carboxylic acids is 1. The molecule has 1 aliphatic rings. The van der Waals surface area contributed by atoms with Crippen LogP contribution in [-0.2, 0) is 4.79 Å². The summed E-state index contributed by atoms with van der Waals surface area (Å²) in [5, 5.41) is 6.74. The molecule has 0 radical (unpaired) electrons. The fourth-order valence-corrected chi connectivity index (χ4v) is 2.71. The molecular weight excluding hydrogens is 260 g/mol. The molecule has 0 aromatic rings. The largest absolute Gasteiger partial charge is 0.353 e. The fourth-order valence-electron chi connectivity index (χ4n) is 2.71. The molecule has 3 nitrogen and oxygen atoms in total. The van der Waals surface area contributed by atoms with Gasteiger partial charge in [0.15, 0.2) is 0 Å². The van der Waals surface area contributed by atoms with Gasteiger partial charge in [-0.05, 0) is 38.6 Å². The van der Waals surface area contributed by atoms with Crippen LogP contribution in [0.3, 0.4) is 0 Å². The quantitative estimate of drug-likeness (QED) is 0.472. The summed E-state index contributed by atoms with van der Waals surface area (Å²) in [6.45, 7) is 5.51. The Balaban J connectivity index is 2.06. The van der Waals surface area contributed by atoms with Crippen LogP contribution in [0.5, 0.6) is 0 Å². The van der Waals surface area contributed by atoms with Crippen LogP contribution in [0.2, 0.25) is 0 Å². The zero-order chi connectivity index (χ0) is 15.3. The second-order valence-corrected chi connectivity index (χ2v) is 6.59. The van der Waals surface area contributed by atoms with E-state index in [9.17, 15) is 4.79 Å². The van der Waals surface area contributed by atoms with Crippen molar-refractivity contribution >= 4 is 5.91 Å². The molecule has 0 spiro atoms. The summed E-state index contributed by atoms with van der Waals surface area (Å²) in [4.78, 5) is 11.6. The summed E-state index contributed by atoms with van der Waals surface area (Å²) in [6.07, 6.45) is 14.6. The maximum absolute atomic E-state index is 11.6. The maximum atomic E-state index is 11.6. The molecule has 0 aromatic heterocycles. The minimum atomic E-state index is 0.243. The molecule has 0 atom stereocenters. The number of unbranched alkanes of at least 4 members (excludes halogenated alkanes) is 4. The van der Waals surface area contributed by atoms with Crippen molar-refractivity contribution in [1.29, 1.82) is 0 Å². The molecule has 1 saturated carbocycles. The van der Waals surface area contributed by atoms with E-state index in [1.807, 2.05) is 0 Å². The number of hydrogen-bond acceptors (Lipinski definition) is 2. The average molecular weight is 296 g/mol. The van der Waals surface area contributed by atoms with E-state index >= 15 is 0 Å². The van der Waals surface area contributed by atoms with Crippen LogP contribution < -0.4 is 10.6 Å². The minimum absolute atomic E-state index is 0.243. The average Bonchev–Trinajstić information content (AvgIpc) is 3.27. The van der Waals surface area contributed by atoms with E-state index in [0.29, 0.717) is 18.5 Å². The number of carbonyl (C=O) groups is 1. The lowest BCUT2D eigenvalue weighted by Crippen LogP contribution is -2.31. The molecule has 0 aromatic carbocycles. The Bertz CT molecular complexity index is 254. The van der Waals surface area contributed by atoms with Crippen molar-refractivity contribution in [2.45, 2.75) is 103 Å². The molecule has 3 heteroatoms. The highest BCUT2D eigenvalue weighted by atomic mass is 16.1. The van der Waals surface area contributed by atoms with Gasteiger partial charge >= 0.3 is 0 Å². The summed E-state index contributed by atoms with van der Waals surface area (Å²) in [5.41, 5.74) is 0. The van der Waals surface area contributed by atoms with Crippen molar-refractivity contribution in [1.82, 2.24) is 10.6 Å². The van der Waals surface area contributed by atoms with Crippen LogP contribution in [0.1, 0.15) is 90.9 Å². The number of rotatable bonds is 14. The highest BCUT2D eigenvalue weighted by Crippen LogP contribution is 2.18. The van der Waals surface area contributed by atoms with Gasteiger partial charge in [-0.1, -0.05) is 52.4 Å². The van der Waals surface area contributed by atoms with E-state index in [0.717, 1.165) is 13.0 Å². The van der Waals surface area contributed by atoms with E-state index < -0.39 is 0 Å². The van der Waals surface area contributed by atoms with Gasteiger partial charge in [0.2, 0.25) is 5.91 Å². The third kappa shape index (κ3) is 10.8. The van der Waals surface area contributed by atoms with E-state index in [1.54, 1.807) is 0 Å². The third-order valence-corrected chi connectivity index (χ3v) is 4.27. The van der Waals surface area contributed by atoms with Gasteiger partial charge in [0, 0.05) is 18.5 Å². The zero-order valence-electron chi connectivity index (χ0n) is 14.3. The standard InChI is InChI=1S/C18H36N2O/c1-3-5-7-10-16(11-8-6-4-2)19-15-9-12-18(21)20-17-13-14-17/h16-17,19H,3-15H2,1-2H3,(H,20,21). The molecule has 0 saturated heterocycles. The van der Waals surface area contributed by atoms with Gasteiger partial charge in [-0.2, -0.15) is 0 Å². The van der Waals surface area contributed by atoms with E-state index in [1.165, 1.54) is 64.2 Å². The van der Waals surface area contributed by atoms with Crippen molar-refractivity contribution in [3.05, 3.63) is 0 Å². The Morgan fingerprint density at radius 2 is 1.62 bits per heavy atom. The van der Waals surface area contributed by atoms with Crippen molar-refractivity contribution in [2.75, 3.05) is 6.54 Å². The second kappa shape index (κ2) is 12.0. The lowest BCUT2D eigenvalue weighted by molar-refractivity contribution is -0.121. The van der Waals surface area contributed by atoms with Crippen LogP contribution in [0.25, 0.3) is 0 Å². The first-order valence-corrected chi connectivity index (χ1v) is 9.29. The smallest absolute Gasteiger partial charge is 0.220 e. The monoisotopic (exact) mass is 296 g/mol. The van der Waals surface area contributed by atoms with Crippen LogP contribution >= 0.6 is 0 Å². The number of hydrogen-bond donors (Lipinski definition) is 2. The molecule has 0 aliphatic heterocycles. The summed E-state index contributed by atoms with van der Waals surface area (Å²) in [5.74, 6) is 0.243. The van der Waals surface area contributed by atoms with Gasteiger partial charge in [-0.15, -0.1) is 0 Å². The summed E-state index contributed by atoms with van der Waals surface area (Å²) in [7, 11) is 0. The molecule has 1 fully saturated rings. The predicted molar refractivity (Wildman–Crippen MR) is 90.5 cm³/mol. The molecule has 1 amide bonds. The maximum Gasteiger partial charge on any atom is 0.220 e. The minimum Gasteiger partial charge on any atom is -0.353 e. The number of nitrogens with one attached hydrogen (secondary N) is 2. The highest BCUT2D eigenvalue weighted by Gasteiger charge is 2.22. The Labute approximate surface area is 131 Å². The van der Waals surface area contributed by atoms with Crippen molar-refractivity contribution in [3.8, 4) is 0 Å². The Morgan fingerprint density at radius 3 is 2.14 bits per heavy atom.